The van der Waals surface area contributed by atoms with E-state index in [0.717, 1.165) is 0 Å². The zero-order valence-corrected chi connectivity index (χ0v) is 5.06. The van der Waals surface area contributed by atoms with Crippen molar-refractivity contribution in [2.45, 2.75) is 13.8 Å². The Morgan fingerprint density at radius 3 is 2.25 bits per heavy atom. The summed E-state index contributed by atoms with van der Waals surface area (Å²) in [6.45, 7) is 3.13. The van der Waals surface area contributed by atoms with Crippen molar-refractivity contribution in [3.05, 3.63) is 11.9 Å². The van der Waals surface area contributed by atoms with Crippen LogP contribution in [0.25, 0.3) is 0 Å². The van der Waals surface area contributed by atoms with Gasteiger partial charge in [0.25, 0.3) is 0 Å². The van der Waals surface area contributed by atoms with Gasteiger partial charge in [0, 0.05) is 18.8 Å². The van der Waals surface area contributed by atoms with Crippen LogP contribution in [0.2, 0.25) is 0 Å². The van der Waals surface area contributed by atoms with Gasteiger partial charge < -0.3 is 11.1 Å². The molecule has 0 atom stereocenters. The first kappa shape index (κ1) is 7.01. The summed E-state index contributed by atoms with van der Waals surface area (Å²) in [5.74, 6) is -0.102. The van der Waals surface area contributed by atoms with Crippen molar-refractivity contribution in [1.82, 2.24) is 5.32 Å². The topological polar surface area (TPSA) is 55.1 Å². The number of hydrogen-bond donors (Lipinski definition) is 2. The van der Waals surface area contributed by atoms with E-state index in [4.69, 9.17) is 5.73 Å². The van der Waals surface area contributed by atoms with E-state index in [0.29, 0.717) is 5.70 Å². The van der Waals surface area contributed by atoms with E-state index in [2.05, 4.69) is 5.32 Å². The number of amides is 1. The number of allylic oxidation sites excluding steroid dienone is 1. The van der Waals surface area contributed by atoms with Gasteiger partial charge in [-0.2, -0.15) is 0 Å². The number of rotatable bonds is 1. The SMILES string of the molecule is CC(=O)N/C=C(/C)N. The first-order valence-corrected chi connectivity index (χ1v) is 2.32. The summed E-state index contributed by atoms with van der Waals surface area (Å²) in [4.78, 5) is 10.1. The van der Waals surface area contributed by atoms with Crippen molar-refractivity contribution < 1.29 is 4.79 Å². The number of nitrogens with one attached hydrogen (secondary N) is 1. The monoisotopic (exact) mass is 114 g/mol. The molecule has 0 aliphatic rings. The summed E-state index contributed by atoms with van der Waals surface area (Å²) in [5, 5.41) is 2.42. The molecule has 3 heteroatoms. The molecule has 0 radical (unpaired) electrons. The average Bonchev–Trinajstić information content (AvgIpc) is 1.61. The number of carbonyl (C=O) groups is 1. The quantitative estimate of drug-likeness (QED) is 0.502. The summed E-state index contributed by atoms with van der Waals surface area (Å²) >= 11 is 0. The fourth-order valence-corrected chi connectivity index (χ4v) is 0.215. The summed E-state index contributed by atoms with van der Waals surface area (Å²) in [7, 11) is 0. The lowest BCUT2D eigenvalue weighted by Crippen LogP contribution is -2.13. The van der Waals surface area contributed by atoms with Gasteiger partial charge in [-0.3, -0.25) is 4.79 Å². The van der Waals surface area contributed by atoms with Crippen molar-refractivity contribution in [2.24, 2.45) is 5.73 Å². The smallest absolute Gasteiger partial charge is 0.220 e. The highest BCUT2D eigenvalue weighted by molar-refractivity contribution is 5.73. The van der Waals surface area contributed by atoms with Crippen molar-refractivity contribution in [3.8, 4) is 0 Å². The van der Waals surface area contributed by atoms with E-state index in [1.165, 1.54) is 13.1 Å². The third-order valence-electron chi connectivity index (χ3n) is 0.503. The molecule has 0 spiro atoms. The highest BCUT2D eigenvalue weighted by Crippen LogP contribution is 1.72. The molecule has 0 aromatic carbocycles. The van der Waals surface area contributed by atoms with E-state index < -0.39 is 0 Å². The Hall–Kier alpha value is -0.990. The maximum absolute atomic E-state index is 10.1. The lowest BCUT2D eigenvalue weighted by molar-refractivity contribution is -0.118. The molecule has 0 rings (SSSR count). The molecule has 0 unspecified atom stereocenters. The molecule has 0 bridgehead atoms. The van der Waals surface area contributed by atoms with Crippen molar-refractivity contribution in [1.29, 1.82) is 0 Å². The van der Waals surface area contributed by atoms with E-state index >= 15 is 0 Å². The van der Waals surface area contributed by atoms with Crippen LogP contribution in [0.15, 0.2) is 11.9 Å². The Balaban J connectivity index is 3.45. The molecule has 1 amide bonds. The molecule has 0 heterocycles. The second kappa shape index (κ2) is 3.07. The van der Waals surface area contributed by atoms with Gasteiger partial charge in [-0.25, -0.2) is 0 Å². The average molecular weight is 114 g/mol. The van der Waals surface area contributed by atoms with Crippen LogP contribution in [0.3, 0.4) is 0 Å². The van der Waals surface area contributed by atoms with Crippen molar-refractivity contribution >= 4 is 5.91 Å². The second-order valence-electron chi connectivity index (χ2n) is 1.59. The van der Waals surface area contributed by atoms with Crippen molar-refractivity contribution in [3.63, 3.8) is 0 Å². The zero-order chi connectivity index (χ0) is 6.57. The molecule has 0 saturated heterocycles. The molecule has 3 N–H and O–H groups in total. The van der Waals surface area contributed by atoms with Gasteiger partial charge in [0.05, 0.1) is 0 Å². The lowest BCUT2D eigenvalue weighted by Gasteiger charge is -1.90. The Kier molecular flexibility index (Phi) is 2.69. The first-order valence-electron chi connectivity index (χ1n) is 2.32. The predicted octanol–water partition coefficient (Wildman–Crippen LogP) is -0.0575. The van der Waals surface area contributed by atoms with Crippen LogP contribution in [0.4, 0.5) is 0 Å². The van der Waals surface area contributed by atoms with Crippen LogP contribution >= 0.6 is 0 Å². The molecule has 0 saturated carbocycles. The maximum Gasteiger partial charge on any atom is 0.220 e. The molecule has 0 aliphatic carbocycles. The minimum atomic E-state index is -0.102. The number of hydrogen-bond acceptors (Lipinski definition) is 2. The molecule has 8 heavy (non-hydrogen) atoms. The van der Waals surface area contributed by atoms with E-state index in [9.17, 15) is 4.79 Å². The Labute approximate surface area is 48.6 Å². The highest BCUT2D eigenvalue weighted by atomic mass is 16.1. The van der Waals surface area contributed by atoms with Gasteiger partial charge in [0.2, 0.25) is 5.91 Å². The normalized spacial score (nSPS) is 11.0. The summed E-state index contributed by atoms with van der Waals surface area (Å²) < 4.78 is 0. The van der Waals surface area contributed by atoms with Crippen LogP contribution < -0.4 is 11.1 Å². The molecule has 0 aliphatic heterocycles. The summed E-state index contributed by atoms with van der Waals surface area (Å²) in [5.41, 5.74) is 5.78. The van der Waals surface area contributed by atoms with Crippen LogP contribution in [0, 0.1) is 0 Å². The number of nitrogens with two attached hydrogens (primary N) is 1. The van der Waals surface area contributed by atoms with Gasteiger partial charge in [0.1, 0.15) is 0 Å². The minimum Gasteiger partial charge on any atom is -0.401 e. The van der Waals surface area contributed by atoms with E-state index in [-0.39, 0.29) is 5.91 Å². The van der Waals surface area contributed by atoms with Gasteiger partial charge in [-0.15, -0.1) is 0 Å². The fraction of sp³-hybridized carbons (Fsp3) is 0.400. The molecule has 46 valence electrons. The zero-order valence-electron chi connectivity index (χ0n) is 5.06. The Bertz CT molecular complexity index is 114. The molecule has 0 aromatic heterocycles. The van der Waals surface area contributed by atoms with Crippen LogP contribution in [-0.4, -0.2) is 5.91 Å². The highest BCUT2D eigenvalue weighted by Gasteiger charge is 1.81. The van der Waals surface area contributed by atoms with Gasteiger partial charge in [-0.1, -0.05) is 0 Å². The minimum absolute atomic E-state index is 0.102. The molecule has 3 nitrogen and oxygen atoms in total. The first-order chi connectivity index (χ1) is 3.63. The van der Waals surface area contributed by atoms with Crippen LogP contribution in [0.1, 0.15) is 13.8 Å². The van der Waals surface area contributed by atoms with E-state index in [1.807, 2.05) is 0 Å². The fourth-order valence-electron chi connectivity index (χ4n) is 0.215. The third kappa shape index (κ3) is 5.01. The Morgan fingerprint density at radius 1 is 1.62 bits per heavy atom. The summed E-state index contributed by atoms with van der Waals surface area (Å²) in [6, 6.07) is 0. The van der Waals surface area contributed by atoms with Gasteiger partial charge in [-0.05, 0) is 6.92 Å². The standard InChI is InChI=1S/C5H10N2O/c1-4(6)3-7-5(2)8/h3H,6H2,1-2H3,(H,7,8)/b4-3-. The van der Waals surface area contributed by atoms with E-state index in [1.54, 1.807) is 6.92 Å². The maximum atomic E-state index is 10.1. The molecule has 0 aromatic rings. The second-order valence-corrected chi connectivity index (χ2v) is 1.59. The van der Waals surface area contributed by atoms with Gasteiger partial charge in [0.15, 0.2) is 0 Å². The summed E-state index contributed by atoms with van der Waals surface area (Å²) in [6.07, 6.45) is 1.46. The number of carbonyl (C=O) groups excluding carboxylic acids is 1. The van der Waals surface area contributed by atoms with Crippen molar-refractivity contribution in [2.75, 3.05) is 0 Å². The third-order valence-corrected chi connectivity index (χ3v) is 0.503. The Morgan fingerprint density at radius 2 is 2.12 bits per heavy atom. The molecular weight excluding hydrogens is 104 g/mol. The van der Waals surface area contributed by atoms with Crippen LogP contribution in [-0.2, 0) is 4.79 Å². The van der Waals surface area contributed by atoms with Gasteiger partial charge >= 0.3 is 0 Å². The molecular formula is C5H10N2O. The predicted molar refractivity (Wildman–Crippen MR) is 31.8 cm³/mol. The van der Waals surface area contributed by atoms with Crippen LogP contribution in [0.5, 0.6) is 0 Å². The lowest BCUT2D eigenvalue weighted by atomic mass is 10.5. The molecule has 0 fully saturated rings. The largest absolute Gasteiger partial charge is 0.401 e.